The largest absolute Gasteiger partial charge is 0.349 e. The van der Waals surface area contributed by atoms with E-state index in [1.165, 1.54) is 41.7 Å². The fourth-order valence-corrected chi connectivity index (χ4v) is 5.24. The first kappa shape index (κ1) is 20.2. The predicted octanol–water partition coefficient (Wildman–Crippen LogP) is 6.83. The van der Waals surface area contributed by atoms with Crippen LogP contribution in [0, 0.1) is 6.92 Å². The molecule has 4 heteroatoms. The molecule has 0 aromatic heterocycles. The van der Waals surface area contributed by atoms with Crippen molar-refractivity contribution in [3.05, 3.63) is 53.1 Å². The van der Waals surface area contributed by atoms with Crippen LogP contribution in [0.5, 0.6) is 0 Å². The van der Waals surface area contributed by atoms with Crippen LogP contribution in [-0.2, 0) is 0 Å². The van der Waals surface area contributed by atoms with Gasteiger partial charge in [-0.1, -0.05) is 62.4 Å². The number of carbonyl (C=O) groups is 1. The van der Waals surface area contributed by atoms with Gasteiger partial charge >= 0.3 is 0 Å². The summed E-state index contributed by atoms with van der Waals surface area (Å²) in [5.41, 5.74) is 5.25. The molecule has 1 amide bonds. The van der Waals surface area contributed by atoms with Gasteiger partial charge in [0, 0.05) is 32.7 Å². The van der Waals surface area contributed by atoms with Crippen molar-refractivity contribution in [2.24, 2.45) is 4.99 Å². The number of carbonyl (C=O) groups excluding carboxylic acids is 1. The summed E-state index contributed by atoms with van der Waals surface area (Å²) in [6, 6.07) is 12.9. The average molecular weight is 407 g/mol. The quantitative estimate of drug-likeness (QED) is 0.565. The minimum atomic E-state index is 0.0366. The summed E-state index contributed by atoms with van der Waals surface area (Å²) in [4.78, 5) is 20.3. The topological polar surface area (TPSA) is 41.5 Å². The van der Waals surface area contributed by atoms with Crippen molar-refractivity contribution in [1.29, 1.82) is 0 Å². The summed E-state index contributed by atoms with van der Waals surface area (Å²) in [5.74, 6) is 0.0366. The number of aryl methyl sites for hydroxylation is 1. The molecule has 0 atom stereocenters. The molecule has 1 aliphatic carbocycles. The third-order valence-electron chi connectivity index (χ3n) is 5.82. The predicted molar refractivity (Wildman–Crippen MR) is 122 cm³/mol. The molecule has 4 rings (SSSR count). The molecule has 2 aliphatic rings. The maximum atomic E-state index is 12.9. The molecule has 2 aromatic carbocycles. The van der Waals surface area contributed by atoms with Gasteiger partial charge in [0.05, 0.1) is 5.69 Å². The van der Waals surface area contributed by atoms with Crippen LogP contribution >= 0.6 is 11.8 Å². The van der Waals surface area contributed by atoms with Gasteiger partial charge in [0.25, 0.3) is 5.91 Å². The third kappa shape index (κ3) is 4.75. The normalized spacial score (nSPS) is 16.8. The van der Waals surface area contributed by atoms with E-state index < -0.39 is 0 Å². The Labute approximate surface area is 178 Å². The van der Waals surface area contributed by atoms with Crippen molar-refractivity contribution in [2.75, 3.05) is 0 Å². The van der Waals surface area contributed by atoms with Crippen LogP contribution in [0.2, 0.25) is 0 Å². The van der Waals surface area contributed by atoms with Crippen LogP contribution in [0.15, 0.2) is 51.2 Å². The minimum absolute atomic E-state index is 0.0366. The lowest BCUT2D eigenvalue weighted by atomic mass is 10.0. The second-order valence-corrected chi connectivity index (χ2v) is 9.34. The van der Waals surface area contributed by atoms with E-state index in [2.05, 4.69) is 43.4 Å². The average Bonchev–Trinajstić information content (AvgIpc) is 3.05. The van der Waals surface area contributed by atoms with Gasteiger partial charge in [0.15, 0.2) is 0 Å². The van der Waals surface area contributed by atoms with Crippen LogP contribution in [-0.4, -0.2) is 17.7 Å². The van der Waals surface area contributed by atoms with Gasteiger partial charge in [-0.3, -0.25) is 9.79 Å². The number of nitrogens with one attached hydrogen (secondary N) is 1. The molecule has 2 aromatic rings. The van der Waals surface area contributed by atoms with Crippen LogP contribution in [0.4, 0.5) is 5.69 Å². The number of amides is 1. The number of fused-ring (bicyclic) bond motifs is 2. The van der Waals surface area contributed by atoms with Crippen molar-refractivity contribution >= 4 is 29.1 Å². The van der Waals surface area contributed by atoms with Crippen LogP contribution < -0.4 is 5.32 Å². The maximum absolute atomic E-state index is 12.9. The summed E-state index contributed by atoms with van der Waals surface area (Å²) < 4.78 is 0. The zero-order chi connectivity index (χ0) is 20.2. The SMILES string of the molecule is CCCC1=Nc2cc(C(=O)NC3CCCCCC3)ccc2Sc2ccc(C)cc21. The molecule has 3 nitrogen and oxygen atoms in total. The molecule has 1 fully saturated rings. The van der Waals surface area contributed by atoms with E-state index in [0.717, 1.165) is 47.5 Å². The number of aliphatic imine (C=N–C) groups is 1. The van der Waals surface area contributed by atoms with Gasteiger partial charge in [-0.25, -0.2) is 0 Å². The third-order valence-corrected chi connectivity index (χ3v) is 6.96. The Hall–Kier alpha value is -2.07. The number of hydrogen-bond donors (Lipinski definition) is 1. The molecule has 1 aliphatic heterocycles. The van der Waals surface area contributed by atoms with Crippen molar-refractivity contribution in [3.8, 4) is 0 Å². The molecule has 152 valence electrons. The van der Waals surface area contributed by atoms with Crippen molar-refractivity contribution in [3.63, 3.8) is 0 Å². The molecule has 29 heavy (non-hydrogen) atoms. The first-order valence-corrected chi connectivity index (χ1v) is 11.8. The summed E-state index contributed by atoms with van der Waals surface area (Å²) in [6.07, 6.45) is 9.19. The lowest BCUT2D eigenvalue weighted by Crippen LogP contribution is -2.34. The number of nitrogens with zero attached hydrogens (tertiary/aromatic N) is 1. The number of benzene rings is 2. The highest BCUT2D eigenvalue weighted by Crippen LogP contribution is 2.41. The standard InChI is InChI=1S/C25H30N2OS/c1-3-8-21-20-15-17(2)11-13-23(20)29-24-14-12-18(16-22(24)27-21)25(28)26-19-9-6-4-5-7-10-19/h11-16,19H,3-10H2,1-2H3,(H,26,28). The minimum Gasteiger partial charge on any atom is -0.349 e. The zero-order valence-electron chi connectivity index (χ0n) is 17.5. The van der Waals surface area contributed by atoms with E-state index in [1.54, 1.807) is 11.8 Å². The Morgan fingerprint density at radius 3 is 2.59 bits per heavy atom. The molecular formula is C25H30N2OS. The Morgan fingerprint density at radius 2 is 1.83 bits per heavy atom. The van der Waals surface area contributed by atoms with Crippen molar-refractivity contribution in [2.45, 2.75) is 81.0 Å². The van der Waals surface area contributed by atoms with E-state index >= 15 is 0 Å². The second-order valence-electron chi connectivity index (χ2n) is 8.25. The Balaban J connectivity index is 1.63. The lowest BCUT2D eigenvalue weighted by molar-refractivity contribution is 0.0933. The lowest BCUT2D eigenvalue weighted by Gasteiger charge is -2.16. The second kappa shape index (κ2) is 9.17. The fourth-order valence-electron chi connectivity index (χ4n) is 4.23. The monoisotopic (exact) mass is 406 g/mol. The molecular weight excluding hydrogens is 376 g/mol. The highest BCUT2D eigenvalue weighted by molar-refractivity contribution is 7.99. The summed E-state index contributed by atoms with van der Waals surface area (Å²) >= 11 is 1.75. The first-order valence-electron chi connectivity index (χ1n) is 11.0. The molecule has 0 unspecified atom stereocenters. The van der Waals surface area contributed by atoms with E-state index in [4.69, 9.17) is 4.99 Å². The molecule has 0 radical (unpaired) electrons. The summed E-state index contributed by atoms with van der Waals surface area (Å²) in [7, 11) is 0. The Bertz CT molecular complexity index is 926. The zero-order valence-corrected chi connectivity index (χ0v) is 18.3. The van der Waals surface area contributed by atoms with Crippen LogP contribution in [0.25, 0.3) is 0 Å². The molecule has 1 N–H and O–H groups in total. The fraction of sp³-hybridized carbons (Fsp3) is 0.440. The molecule has 1 saturated carbocycles. The summed E-state index contributed by atoms with van der Waals surface area (Å²) in [6.45, 7) is 4.32. The van der Waals surface area contributed by atoms with E-state index in [1.807, 2.05) is 12.1 Å². The van der Waals surface area contributed by atoms with Gasteiger partial charge in [-0.15, -0.1) is 0 Å². The van der Waals surface area contributed by atoms with Crippen molar-refractivity contribution in [1.82, 2.24) is 5.32 Å². The highest BCUT2D eigenvalue weighted by Gasteiger charge is 2.20. The summed E-state index contributed by atoms with van der Waals surface area (Å²) in [5, 5.41) is 3.26. The smallest absolute Gasteiger partial charge is 0.251 e. The van der Waals surface area contributed by atoms with Gasteiger partial charge in [0.2, 0.25) is 0 Å². The van der Waals surface area contributed by atoms with Gasteiger partial charge in [-0.05, 0) is 56.5 Å². The number of rotatable bonds is 4. The highest BCUT2D eigenvalue weighted by atomic mass is 32.2. The van der Waals surface area contributed by atoms with Gasteiger partial charge in [0.1, 0.15) is 0 Å². The van der Waals surface area contributed by atoms with E-state index in [0.29, 0.717) is 6.04 Å². The van der Waals surface area contributed by atoms with Crippen LogP contribution in [0.1, 0.15) is 79.8 Å². The molecule has 0 bridgehead atoms. The molecule has 1 heterocycles. The van der Waals surface area contributed by atoms with Crippen LogP contribution in [0.3, 0.4) is 0 Å². The Morgan fingerprint density at radius 1 is 1.07 bits per heavy atom. The number of hydrogen-bond acceptors (Lipinski definition) is 3. The van der Waals surface area contributed by atoms with Gasteiger partial charge < -0.3 is 5.32 Å². The van der Waals surface area contributed by atoms with Gasteiger partial charge in [-0.2, -0.15) is 0 Å². The van der Waals surface area contributed by atoms with E-state index in [9.17, 15) is 4.79 Å². The maximum Gasteiger partial charge on any atom is 0.251 e. The first-order chi connectivity index (χ1) is 14.1. The molecule has 0 spiro atoms. The Kier molecular flexibility index (Phi) is 6.39. The van der Waals surface area contributed by atoms with E-state index in [-0.39, 0.29) is 5.91 Å². The van der Waals surface area contributed by atoms with Crippen molar-refractivity contribution < 1.29 is 4.79 Å². The molecule has 0 saturated heterocycles.